The zero-order valence-corrected chi connectivity index (χ0v) is 11.8. The molecular formula is C14H20N4O. The summed E-state index contributed by atoms with van der Waals surface area (Å²) in [6.07, 6.45) is 5.77. The summed E-state index contributed by atoms with van der Waals surface area (Å²) in [7, 11) is 1.84. The van der Waals surface area contributed by atoms with E-state index in [2.05, 4.69) is 21.8 Å². The first-order chi connectivity index (χ1) is 9.10. The van der Waals surface area contributed by atoms with E-state index in [1.807, 2.05) is 14.0 Å². The maximum Gasteiger partial charge on any atom is 0.252 e. The van der Waals surface area contributed by atoms with Gasteiger partial charge in [-0.25, -0.2) is 9.97 Å². The number of nitrogens with zero attached hydrogens (tertiary/aromatic N) is 4. The van der Waals surface area contributed by atoms with Crippen molar-refractivity contribution in [2.75, 3.05) is 23.4 Å². The predicted molar refractivity (Wildman–Crippen MR) is 74.4 cm³/mol. The van der Waals surface area contributed by atoms with Crippen LogP contribution in [0.3, 0.4) is 0 Å². The molecule has 0 aliphatic carbocycles. The Morgan fingerprint density at radius 3 is 2.95 bits per heavy atom. The number of anilines is 2. The van der Waals surface area contributed by atoms with E-state index in [-0.39, 0.29) is 11.4 Å². The lowest BCUT2D eigenvalue weighted by Gasteiger charge is -2.51. The Morgan fingerprint density at radius 2 is 2.21 bits per heavy atom. The number of aryl methyl sites for hydroxylation is 1. The van der Waals surface area contributed by atoms with Crippen LogP contribution in [0.2, 0.25) is 0 Å². The van der Waals surface area contributed by atoms with Crippen molar-refractivity contribution in [1.82, 2.24) is 9.97 Å². The Balaban J connectivity index is 2.20. The van der Waals surface area contributed by atoms with E-state index >= 15 is 0 Å². The molecule has 2 aliphatic heterocycles. The molecule has 5 heteroatoms. The van der Waals surface area contributed by atoms with Crippen molar-refractivity contribution in [2.24, 2.45) is 0 Å². The zero-order chi connectivity index (χ0) is 13.6. The van der Waals surface area contributed by atoms with Gasteiger partial charge in [-0.15, -0.1) is 0 Å². The fourth-order valence-corrected chi connectivity index (χ4v) is 3.39. The quantitative estimate of drug-likeness (QED) is 0.774. The van der Waals surface area contributed by atoms with Gasteiger partial charge < -0.3 is 9.80 Å². The first-order valence-electron chi connectivity index (χ1n) is 6.99. The van der Waals surface area contributed by atoms with E-state index in [0.717, 1.165) is 49.6 Å². The van der Waals surface area contributed by atoms with E-state index in [1.165, 1.54) is 0 Å². The highest BCUT2D eigenvalue weighted by Crippen LogP contribution is 2.44. The number of hydrogen-bond donors (Lipinski definition) is 0. The van der Waals surface area contributed by atoms with Crippen LogP contribution < -0.4 is 9.80 Å². The van der Waals surface area contributed by atoms with E-state index in [0.29, 0.717) is 0 Å². The summed E-state index contributed by atoms with van der Waals surface area (Å²) in [5.41, 5.74) is 0.447. The minimum absolute atomic E-state index is 0.189. The minimum Gasteiger partial charge on any atom is -0.340 e. The second-order valence-corrected chi connectivity index (χ2v) is 5.48. The highest BCUT2D eigenvalue weighted by Gasteiger charge is 2.50. The number of piperidine rings is 1. The molecule has 1 fully saturated rings. The molecule has 0 spiro atoms. The molecule has 0 bridgehead atoms. The van der Waals surface area contributed by atoms with Gasteiger partial charge in [0.05, 0.1) is 6.20 Å². The van der Waals surface area contributed by atoms with Gasteiger partial charge in [0.1, 0.15) is 17.1 Å². The molecule has 1 unspecified atom stereocenters. The third-order valence-corrected chi connectivity index (χ3v) is 4.51. The molecule has 0 saturated carbocycles. The highest BCUT2D eigenvalue weighted by atomic mass is 16.2. The Morgan fingerprint density at radius 1 is 1.42 bits per heavy atom. The van der Waals surface area contributed by atoms with Gasteiger partial charge in [0.25, 0.3) is 5.91 Å². The van der Waals surface area contributed by atoms with Crippen molar-refractivity contribution in [3.8, 4) is 0 Å². The predicted octanol–water partition coefficient (Wildman–Crippen LogP) is 1.90. The molecule has 0 radical (unpaired) electrons. The fourth-order valence-electron chi connectivity index (χ4n) is 3.39. The second kappa shape index (κ2) is 4.18. The van der Waals surface area contributed by atoms with Crippen LogP contribution in [0.25, 0.3) is 0 Å². The summed E-state index contributed by atoms with van der Waals surface area (Å²) in [6, 6.07) is 0. The Labute approximate surface area is 113 Å². The molecule has 1 saturated heterocycles. The molecule has 5 nitrogen and oxygen atoms in total. The van der Waals surface area contributed by atoms with Crippen molar-refractivity contribution in [3.05, 3.63) is 12.0 Å². The smallest absolute Gasteiger partial charge is 0.252 e. The number of likely N-dealkylation sites (N-methyl/N-ethyl adjacent to an activating group) is 1. The summed E-state index contributed by atoms with van der Waals surface area (Å²) in [5.74, 6) is 1.88. The van der Waals surface area contributed by atoms with Crippen LogP contribution >= 0.6 is 0 Å². The molecule has 1 aromatic rings. The average Bonchev–Trinajstić information content (AvgIpc) is 2.44. The monoisotopic (exact) mass is 260 g/mol. The Kier molecular flexibility index (Phi) is 2.73. The summed E-state index contributed by atoms with van der Waals surface area (Å²) in [4.78, 5) is 25.6. The van der Waals surface area contributed by atoms with Crippen molar-refractivity contribution in [2.45, 2.75) is 45.1 Å². The van der Waals surface area contributed by atoms with Crippen LogP contribution in [-0.2, 0) is 4.79 Å². The van der Waals surface area contributed by atoms with Crippen LogP contribution in [0.15, 0.2) is 6.20 Å². The van der Waals surface area contributed by atoms with Gasteiger partial charge in [-0.1, -0.05) is 6.92 Å². The van der Waals surface area contributed by atoms with Crippen LogP contribution in [0.5, 0.6) is 0 Å². The third-order valence-electron chi connectivity index (χ3n) is 4.51. The number of amides is 1. The Bertz CT molecular complexity index is 530. The van der Waals surface area contributed by atoms with E-state index < -0.39 is 0 Å². The molecule has 1 amide bonds. The molecule has 2 aliphatic rings. The van der Waals surface area contributed by atoms with Crippen LogP contribution in [0.1, 0.15) is 38.4 Å². The number of aromatic nitrogens is 2. The topological polar surface area (TPSA) is 49.3 Å². The van der Waals surface area contributed by atoms with Gasteiger partial charge in [-0.3, -0.25) is 4.79 Å². The van der Waals surface area contributed by atoms with Gasteiger partial charge in [-0.2, -0.15) is 0 Å². The summed E-state index contributed by atoms with van der Waals surface area (Å²) in [5, 5.41) is 0. The standard InChI is InChI=1S/C14H20N4O/c1-4-14-7-5-6-8-18(14)12-11(17(3)13(14)19)9-15-10(2)16-12/h9H,4-8H2,1-3H3. The first-order valence-corrected chi connectivity index (χ1v) is 6.99. The lowest BCUT2D eigenvalue weighted by Crippen LogP contribution is -2.64. The number of fused-ring (bicyclic) bond motifs is 3. The van der Waals surface area contributed by atoms with Crippen molar-refractivity contribution in [1.29, 1.82) is 0 Å². The molecule has 19 heavy (non-hydrogen) atoms. The maximum absolute atomic E-state index is 12.8. The van der Waals surface area contributed by atoms with Gasteiger partial charge in [-0.05, 0) is 32.6 Å². The molecule has 1 atom stereocenters. The molecule has 1 aromatic heterocycles. The van der Waals surface area contributed by atoms with Crippen LogP contribution in [-0.4, -0.2) is 35.0 Å². The largest absolute Gasteiger partial charge is 0.340 e. The van der Waals surface area contributed by atoms with E-state index in [1.54, 1.807) is 11.1 Å². The van der Waals surface area contributed by atoms with Gasteiger partial charge in [0.15, 0.2) is 5.82 Å². The van der Waals surface area contributed by atoms with E-state index in [9.17, 15) is 4.79 Å². The van der Waals surface area contributed by atoms with Crippen LogP contribution in [0.4, 0.5) is 11.5 Å². The lowest BCUT2D eigenvalue weighted by molar-refractivity contribution is -0.124. The van der Waals surface area contributed by atoms with Crippen molar-refractivity contribution in [3.63, 3.8) is 0 Å². The molecule has 0 aromatic carbocycles. The normalized spacial score (nSPS) is 26.2. The lowest BCUT2D eigenvalue weighted by atomic mass is 9.81. The second-order valence-electron chi connectivity index (χ2n) is 5.48. The highest BCUT2D eigenvalue weighted by molar-refractivity contribution is 6.07. The SMILES string of the molecule is CCC12CCCCN1c1nc(C)ncc1N(C)C2=O. The van der Waals surface area contributed by atoms with Gasteiger partial charge in [0.2, 0.25) is 0 Å². The van der Waals surface area contributed by atoms with Gasteiger partial charge in [0, 0.05) is 13.6 Å². The van der Waals surface area contributed by atoms with Crippen molar-refractivity contribution < 1.29 is 4.79 Å². The van der Waals surface area contributed by atoms with Crippen LogP contribution in [0, 0.1) is 6.92 Å². The molecular weight excluding hydrogens is 240 g/mol. The number of hydrogen-bond acceptors (Lipinski definition) is 4. The molecule has 3 rings (SSSR count). The molecule has 0 N–H and O–H groups in total. The van der Waals surface area contributed by atoms with Crippen molar-refractivity contribution >= 4 is 17.4 Å². The summed E-state index contributed by atoms with van der Waals surface area (Å²) >= 11 is 0. The Hall–Kier alpha value is -1.65. The number of rotatable bonds is 1. The zero-order valence-electron chi connectivity index (χ0n) is 11.8. The maximum atomic E-state index is 12.8. The number of carbonyl (C=O) groups is 1. The number of carbonyl (C=O) groups excluding carboxylic acids is 1. The summed E-state index contributed by atoms with van der Waals surface area (Å²) in [6.45, 7) is 4.91. The fraction of sp³-hybridized carbons (Fsp3) is 0.643. The first kappa shape index (κ1) is 12.4. The molecule has 3 heterocycles. The molecule has 102 valence electrons. The third kappa shape index (κ3) is 1.57. The summed E-state index contributed by atoms with van der Waals surface area (Å²) < 4.78 is 0. The van der Waals surface area contributed by atoms with E-state index in [4.69, 9.17) is 0 Å². The average molecular weight is 260 g/mol. The van der Waals surface area contributed by atoms with Gasteiger partial charge >= 0.3 is 0 Å². The minimum atomic E-state index is -0.388.